The number of nitro groups is 1. The van der Waals surface area contributed by atoms with Gasteiger partial charge in [-0.2, -0.15) is 0 Å². The molecule has 1 aliphatic carbocycles. The van der Waals surface area contributed by atoms with E-state index in [9.17, 15) is 10.1 Å². The molecule has 0 radical (unpaired) electrons. The van der Waals surface area contributed by atoms with E-state index in [0.717, 1.165) is 5.69 Å². The second kappa shape index (κ2) is 4.47. The summed E-state index contributed by atoms with van der Waals surface area (Å²) in [4.78, 5) is 14.2. The Balaban J connectivity index is 2.12. The van der Waals surface area contributed by atoms with Gasteiger partial charge in [-0.1, -0.05) is 0 Å². The van der Waals surface area contributed by atoms with E-state index in [1.54, 1.807) is 0 Å². The molecule has 2 rings (SSSR count). The largest absolute Gasteiger partial charge is 0.327 e. The maximum Gasteiger partial charge on any atom is 0.288 e. The van der Waals surface area contributed by atoms with Crippen LogP contribution in [0.3, 0.4) is 0 Å². The van der Waals surface area contributed by atoms with Gasteiger partial charge in [-0.3, -0.25) is 15.1 Å². The lowest BCUT2D eigenvalue weighted by Gasteiger charge is -2.10. The van der Waals surface area contributed by atoms with E-state index in [4.69, 9.17) is 5.73 Å². The fourth-order valence-corrected chi connectivity index (χ4v) is 2.12. The van der Waals surface area contributed by atoms with Crippen LogP contribution < -0.4 is 5.73 Å². The lowest BCUT2D eigenvalue weighted by Crippen LogP contribution is -2.25. The van der Waals surface area contributed by atoms with Crippen LogP contribution in [0.15, 0.2) is 16.7 Å². The first kappa shape index (κ1) is 11.5. The summed E-state index contributed by atoms with van der Waals surface area (Å²) in [6.07, 6.45) is 4.32. The molecule has 0 saturated heterocycles. The van der Waals surface area contributed by atoms with Crippen molar-refractivity contribution in [3.05, 3.63) is 32.5 Å². The van der Waals surface area contributed by atoms with E-state index in [1.165, 1.54) is 25.1 Å². The van der Waals surface area contributed by atoms with Crippen molar-refractivity contribution >= 4 is 21.6 Å². The summed E-state index contributed by atoms with van der Waals surface area (Å²) in [6, 6.07) is 1.59. The Bertz CT molecular complexity index is 421. The summed E-state index contributed by atoms with van der Waals surface area (Å²) in [5, 5.41) is 10.5. The van der Waals surface area contributed by atoms with Gasteiger partial charge in [0.15, 0.2) is 0 Å². The smallest absolute Gasteiger partial charge is 0.288 e. The summed E-state index contributed by atoms with van der Waals surface area (Å²) in [5.41, 5.74) is 6.78. The first-order valence-electron chi connectivity index (χ1n) is 5.12. The molecule has 1 unspecified atom stereocenters. The van der Waals surface area contributed by atoms with E-state index in [2.05, 4.69) is 20.9 Å². The van der Waals surface area contributed by atoms with Gasteiger partial charge in [0.05, 0.1) is 10.6 Å². The third kappa shape index (κ3) is 2.56. The number of hydrogen-bond donors (Lipinski definition) is 1. The summed E-state index contributed by atoms with van der Waals surface area (Å²) < 4.78 is 0.665. The van der Waals surface area contributed by atoms with Gasteiger partial charge in [0.1, 0.15) is 6.20 Å². The average Bonchev–Trinajstić information content (AvgIpc) is 3.03. The number of pyridine rings is 1. The predicted molar refractivity (Wildman–Crippen MR) is 63.0 cm³/mol. The highest BCUT2D eigenvalue weighted by Gasteiger charge is 2.29. The zero-order valence-electron chi connectivity index (χ0n) is 8.60. The van der Waals surface area contributed by atoms with Crippen LogP contribution in [0.4, 0.5) is 5.69 Å². The molecule has 5 nitrogen and oxygen atoms in total. The lowest BCUT2D eigenvalue weighted by atomic mass is 10.1. The van der Waals surface area contributed by atoms with Crippen molar-refractivity contribution in [2.24, 2.45) is 11.7 Å². The van der Waals surface area contributed by atoms with E-state index >= 15 is 0 Å². The maximum atomic E-state index is 10.5. The van der Waals surface area contributed by atoms with Crippen molar-refractivity contribution < 1.29 is 4.92 Å². The van der Waals surface area contributed by atoms with Crippen molar-refractivity contribution in [1.29, 1.82) is 0 Å². The van der Waals surface area contributed by atoms with Gasteiger partial charge >= 0.3 is 0 Å². The number of nitrogens with two attached hydrogens (primary N) is 1. The van der Waals surface area contributed by atoms with Crippen LogP contribution in [-0.2, 0) is 6.42 Å². The minimum absolute atomic E-state index is 0.00406. The van der Waals surface area contributed by atoms with Crippen LogP contribution in [0.25, 0.3) is 0 Å². The summed E-state index contributed by atoms with van der Waals surface area (Å²) in [7, 11) is 0. The highest BCUT2D eigenvalue weighted by molar-refractivity contribution is 9.10. The molecule has 1 aromatic rings. The average molecular weight is 286 g/mol. The van der Waals surface area contributed by atoms with Crippen LogP contribution in [-0.4, -0.2) is 15.9 Å². The number of rotatable bonds is 4. The van der Waals surface area contributed by atoms with Crippen LogP contribution in [0.5, 0.6) is 0 Å². The van der Waals surface area contributed by atoms with Crippen LogP contribution in [0.2, 0.25) is 0 Å². The highest BCUT2D eigenvalue weighted by Crippen LogP contribution is 2.33. The molecule has 0 bridgehead atoms. The Morgan fingerprint density at radius 3 is 2.88 bits per heavy atom. The van der Waals surface area contributed by atoms with Crippen LogP contribution in [0, 0.1) is 16.0 Å². The summed E-state index contributed by atoms with van der Waals surface area (Å²) in [6.45, 7) is 0. The van der Waals surface area contributed by atoms with E-state index in [0.29, 0.717) is 16.8 Å². The highest BCUT2D eigenvalue weighted by atomic mass is 79.9. The first-order chi connectivity index (χ1) is 7.58. The predicted octanol–water partition coefficient (Wildman–Crippen LogP) is 2.03. The third-order valence-corrected chi connectivity index (χ3v) is 3.46. The quantitative estimate of drug-likeness (QED) is 0.678. The molecule has 0 aromatic carbocycles. The summed E-state index contributed by atoms with van der Waals surface area (Å²) >= 11 is 3.29. The number of aromatic nitrogens is 1. The fraction of sp³-hybridized carbons (Fsp3) is 0.500. The molecular formula is C10H12BrN3O2. The first-order valence-corrected chi connectivity index (χ1v) is 5.91. The van der Waals surface area contributed by atoms with Crippen molar-refractivity contribution in [1.82, 2.24) is 4.98 Å². The fourth-order valence-electron chi connectivity index (χ4n) is 1.62. The number of halogens is 1. The van der Waals surface area contributed by atoms with Gasteiger partial charge in [0.2, 0.25) is 0 Å². The monoisotopic (exact) mass is 285 g/mol. The van der Waals surface area contributed by atoms with Crippen LogP contribution >= 0.6 is 15.9 Å². The topological polar surface area (TPSA) is 82.0 Å². The van der Waals surface area contributed by atoms with Crippen molar-refractivity contribution in [2.75, 3.05) is 0 Å². The molecule has 2 N–H and O–H groups in total. The standard InChI is InChI=1S/C10H12BrN3O2/c11-8-3-7(14(15)16)5-13-10(8)4-9(12)6-1-2-6/h3,5-6,9H,1-2,4,12H2. The Hall–Kier alpha value is -1.01. The van der Waals surface area contributed by atoms with E-state index in [1.807, 2.05) is 0 Å². The van der Waals surface area contributed by atoms with Crippen molar-refractivity contribution in [2.45, 2.75) is 25.3 Å². The van der Waals surface area contributed by atoms with Crippen molar-refractivity contribution in [3.63, 3.8) is 0 Å². The molecule has 1 saturated carbocycles. The molecule has 1 aliphatic rings. The van der Waals surface area contributed by atoms with Gasteiger partial charge in [-0.05, 0) is 34.7 Å². The van der Waals surface area contributed by atoms with Crippen LogP contribution in [0.1, 0.15) is 18.5 Å². The Morgan fingerprint density at radius 2 is 2.38 bits per heavy atom. The second-order valence-electron chi connectivity index (χ2n) is 4.08. The van der Waals surface area contributed by atoms with Crippen molar-refractivity contribution in [3.8, 4) is 0 Å². The minimum atomic E-state index is -0.456. The van der Waals surface area contributed by atoms with E-state index in [-0.39, 0.29) is 11.7 Å². The Labute approximate surface area is 101 Å². The van der Waals surface area contributed by atoms with E-state index < -0.39 is 4.92 Å². The van der Waals surface area contributed by atoms with Gasteiger partial charge in [0, 0.05) is 23.0 Å². The lowest BCUT2D eigenvalue weighted by molar-refractivity contribution is -0.385. The molecule has 0 aliphatic heterocycles. The molecule has 1 fully saturated rings. The molecule has 86 valence electrons. The van der Waals surface area contributed by atoms with Gasteiger partial charge < -0.3 is 5.73 Å². The third-order valence-electron chi connectivity index (χ3n) is 2.77. The zero-order valence-corrected chi connectivity index (χ0v) is 10.2. The number of hydrogen-bond acceptors (Lipinski definition) is 4. The zero-order chi connectivity index (χ0) is 11.7. The molecule has 1 aromatic heterocycles. The molecular weight excluding hydrogens is 274 g/mol. The minimum Gasteiger partial charge on any atom is -0.327 e. The molecule has 1 heterocycles. The molecule has 16 heavy (non-hydrogen) atoms. The summed E-state index contributed by atoms with van der Waals surface area (Å²) in [5.74, 6) is 0.601. The Morgan fingerprint density at radius 1 is 1.69 bits per heavy atom. The number of nitrogens with zero attached hydrogens (tertiary/aromatic N) is 2. The van der Waals surface area contributed by atoms with Gasteiger partial charge in [-0.25, -0.2) is 0 Å². The maximum absolute atomic E-state index is 10.5. The molecule has 1 atom stereocenters. The van der Waals surface area contributed by atoms with Gasteiger partial charge in [0.25, 0.3) is 5.69 Å². The SMILES string of the molecule is NC(Cc1ncc([N+](=O)[O-])cc1Br)C1CC1. The second-order valence-corrected chi connectivity index (χ2v) is 4.94. The Kier molecular flexibility index (Phi) is 3.20. The normalized spacial score (nSPS) is 17.1. The van der Waals surface area contributed by atoms with Gasteiger partial charge in [-0.15, -0.1) is 0 Å². The molecule has 6 heteroatoms. The molecule has 0 spiro atoms. The molecule has 0 amide bonds.